The van der Waals surface area contributed by atoms with Crippen LogP contribution in [0.4, 0.5) is 5.69 Å². The van der Waals surface area contributed by atoms with Gasteiger partial charge in [0.15, 0.2) is 5.78 Å². The molecule has 0 radical (unpaired) electrons. The quantitative estimate of drug-likeness (QED) is 0.661. The molecule has 23 heavy (non-hydrogen) atoms. The third kappa shape index (κ3) is 2.53. The van der Waals surface area contributed by atoms with E-state index in [-0.39, 0.29) is 5.78 Å². The predicted octanol–water partition coefficient (Wildman–Crippen LogP) is 4.56. The molecule has 0 saturated carbocycles. The number of hydrogen-bond donors (Lipinski definition) is 0. The van der Waals surface area contributed by atoms with Crippen LogP contribution in [0.25, 0.3) is 11.1 Å². The van der Waals surface area contributed by atoms with E-state index in [0.717, 1.165) is 17.8 Å². The molecule has 0 saturated heterocycles. The lowest BCUT2D eigenvalue weighted by atomic mass is 9.93. The van der Waals surface area contributed by atoms with Crippen molar-refractivity contribution in [2.45, 2.75) is 6.54 Å². The number of ketones is 1. The highest BCUT2D eigenvalue weighted by molar-refractivity contribution is 6.00. The molecule has 0 aromatic heterocycles. The highest BCUT2D eigenvalue weighted by atomic mass is 16.1. The van der Waals surface area contributed by atoms with Crippen molar-refractivity contribution in [3.05, 3.63) is 90.0 Å². The first-order chi connectivity index (χ1) is 11.3. The number of anilines is 1. The molecule has 0 spiro atoms. The van der Waals surface area contributed by atoms with Crippen LogP contribution in [0.2, 0.25) is 0 Å². The van der Waals surface area contributed by atoms with E-state index in [1.165, 1.54) is 16.7 Å². The summed E-state index contributed by atoms with van der Waals surface area (Å²) in [5, 5.41) is 0. The molecule has 0 bridgehead atoms. The Hall–Kier alpha value is -2.87. The predicted molar refractivity (Wildman–Crippen MR) is 93.7 cm³/mol. The van der Waals surface area contributed by atoms with Crippen molar-refractivity contribution in [1.29, 1.82) is 0 Å². The van der Waals surface area contributed by atoms with Gasteiger partial charge >= 0.3 is 0 Å². The van der Waals surface area contributed by atoms with Gasteiger partial charge in [-0.25, -0.2) is 0 Å². The zero-order valence-corrected chi connectivity index (χ0v) is 12.8. The van der Waals surface area contributed by atoms with Gasteiger partial charge in [0.25, 0.3) is 0 Å². The number of hydrogen-bond acceptors (Lipinski definition) is 2. The summed E-state index contributed by atoms with van der Waals surface area (Å²) in [6.07, 6.45) is 0. The van der Waals surface area contributed by atoms with E-state index in [4.69, 9.17) is 0 Å². The van der Waals surface area contributed by atoms with Crippen LogP contribution in [-0.4, -0.2) is 12.3 Å². The number of benzene rings is 3. The van der Waals surface area contributed by atoms with Gasteiger partial charge in [0.2, 0.25) is 0 Å². The third-order valence-corrected chi connectivity index (χ3v) is 4.34. The maximum atomic E-state index is 12.6. The number of fused-ring (bicyclic) bond motifs is 3. The van der Waals surface area contributed by atoms with Crippen molar-refractivity contribution in [2.75, 3.05) is 11.4 Å². The summed E-state index contributed by atoms with van der Waals surface area (Å²) in [7, 11) is 0. The maximum absolute atomic E-state index is 12.6. The Labute approximate surface area is 136 Å². The normalized spacial score (nSPS) is 12.4. The Morgan fingerprint density at radius 3 is 2.26 bits per heavy atom. The average Bonchev–Trinajstić information content (AvgIpc) is 2.62. The van der Waals surface area contributed by atoms with E-state index in [9.17, 15) is 4.79 Å². The van der Waals surface area contributed by atoms with Gasteiger partial charge in [0.1, 0.15) is 0 Å². The molecular weight excluding hydrogens is 282 g/mol. The van der Waals surface area contributed by atoms with E-state index < -0.39 is 0 Å². The lowest BCUT2D eigenvalue weighted by Gasteiger charge is -2.32. The molecule has 0 aliphatic carbocycles. The van der Waals surface area contributed by atoms with E-state index in [0.29, 0.717) is 6.54 Å². The van der Waals surface area contributed by atoms with Crippen molar-refractivity contribution in [2.24, 2.45) is 0 Å². The van der Waals surface area contributed by atoms with Crippen molar-refractivity contribution in [3.63, 3.8) is 0 Å². The number of carbonyl (C=O) groups is 1. The molecular formula is C21H17NO. The minimum absolute atomic E-state index is 0.153. The highest BCUT2D eigenvalue weighted by Crippen LogP contribution is 2.38. The largest absolute Gasteiger partial charge is 0.359 e. The fourth-order valence-corrected chi connectivity index (χ4v) is 3.22. The molecule has 0 atom stereocenters. The number of para-hydroxylation sites is 1. The first kappa shape index (κ1) is 13.8. The Kier molecular flexibility index (Phi) is 3.43. The highest BCUT2D eigenvalue weighted by Gasteiger charge is 2.23. The van der Waals surface area contributed by atoms with Gasteiger partial charge in [-0.15, -0.1) is 0 Å². The van der Waals surface area contributed by atoms with Crippen LogP contribution in [-0.2, 0) is 6.54 Å². The standard InChI is InChI=1S/C21H17NO/c23-21(16-8-2-1-3-9-16)15-22-14-17-10-4-5-11-18(17)19-12-6-7-13-20(19)22/h1-13H,14-15H2. The van der Waals surface area contributed by atoms with Crippen molar-refractivity contribution < 1.29 is 4.79 Å². The molecule has 2 heteroatoms. The second-order valence-corrected chi connectivity index (χ2v) is 5.82. The second-order valence-electron chi connectivity index (χ2n) is 5.82. The van der Waals surface area contributed by atoms with Gasteiger partial charge in [0, 0.05) is 23.4 Å². The molecule has 4 rings (SSSR count). The summed E-state index contributed by atoms with van der Waals surface area (Å²) >= 11 is 0. The fraction of sp³-hybridized carbons (Fsp3) is 0.0952. The summed E-state index contributed by atoms with van der Waals surface area (Å²) in [6.45, 7) is 1.17. The molecule has 1 heterocycles. The van der Waals surface area contributed by atoms with Gasteiger partial charge in [-0.05, 0) is 17.2 Å². The number of Topliss-reactive ketones (excluding diaryl/α,β-unsaturated/α-hetero) is 1. The monoisotopic (exact) mass is 299 g/mol. The summed E-state index contributed by atoms with van der Waals surface area (Å²) in [5.74, 6) is 0.153. The molecule has 0 unspecified atom stereocenters. The zero-order chi connectivity index (χ0) is 15.6. The van der Waals surface area contributed by atoms with Crippen LogP contribution in [0.5, 0.6) is 0 Å². The molecule has 2 nitrogen and oxygen atoms in total. The van der Waals surface area contributed by atoms with Crippen molar-refractivity contribution >= 4 is 11.5 Å². The molecule has 3 aromatic rings. The number of nitrogens with zero attached hydrogens (tertiary/aromatic N) is 1. The van der Waals surface area contributed by atoms with Crippen molar-refractivity contribution in [1.82, 2.24) is 0 Å². The molecule has 112 valence electrons. The molecule has 0 amide bonds. The Balaban J connectivity index is 1.70. The first-order valence-corrected chi connectivity index (χ1v) is 7.83. The topological polar surface area (TPSA) is 20.3 Å². The van der Waals surface area contributed by atoms with Crippen LogP contribution < -0.4 is 4.90 Å². The molecule has 3 aromatic carbocycles. The Morgan fingerprint density at radius 1 is 0.783 bits per heavy atom. The van der Waals surface area contributed by atoms with Gasteiger partial charge in [0.05, 0.1) is 6.54 Å². The molecule has 1 aliphatic heterocycles. The maximum Gasteiger partial charge on any atom is 0.182 e. The zero-order valence-electron chi connectivity index (χ0n) is 12.8. The summed E-state index contributed by atoms with van der Waals surface area (Å²) in [5.41, 5.74) is 5.65. The molecule has 0 N–H and O–H groups in total. The SMILES string of the molecule is O=C(CN1Cc2ccccc2-c2ccccc21)c1ccccc1. The molecule has 0 fully saturated rings. The van der Waals surface area contributed by atoms with E-state index in [1.54, 1.807) is 0 Å². The lowest BCUT2D eigenvalue weighted by Crippen LogP contribution is -2.32. The summed E-state index contributed by atoms with van der Waals surface area (Å²) in [4.78, 5) is 14.8. The Morgan fingerprint density at radius 2 is 1.43 bits per heavy atom. The third-order valence-electron chi connectivity index (χ3n) is 4.34. The minimum Gasteiger partial charge on any atom is -0.359 e. The Bertz CT molecular complexity index is 854. The van der Waals surface area contributed by atoms with E-state index >= 15 is 0 Å². The van der Waals surface area contributed by atoms with Crippen LogP contribution >= 0.6 is 0 Å². The van der Waals surface area contributed by atoms with Crippen molar-refractivity contribution in [3.8, 4) is 11.1 Å². The van der Waals surface area contributed by atoms with Gasteiger partial charge in [-0.1, -0.05) is 72.8 Å². The average molecular weight is 299 g/mol. The summed E-state index contributed by atoms with van der Waals surface area (Å²) < 4.78 is 0. The van der Waals surface area contributed by atoms with Gasteiger partial charge in [-0.2, -0.15) is 0 Å². The van der Waals surface area contributed by atoms with Gasteiger partial charge in [-0.3, -0.25) is 4.79 Å². The van der Waals surface area contributed by atoms with Gasteiger partial charge < -0.3 is 4.90 Å². The lowest BCUT2D eigenvalue weighted by molar-refractivity contribution is 0.0998. The van der Waals surface area contributed by atoms with E-state index in [2.05, 4.69) is 47.4 Å². The van der Waals surface area contributed by atoms with Crippen LogP contribution in [0.3, 0.4) is 0 Å². The second kappa shape index (κ2) is 5.73. The van der Waals surface area contributed by atoms with Crippen LogP contribution in [0, 0.1) is 0 Å². The smallest absolute Gasteiger partial charge is 0.182 e. The van der Waals surface area contributed by atoms with Crippen LogP contribution in [0.1, 0.15) is 15.9 Å². The molecule has 1 aliphatic rings. The first-order valence-electron chi connectivity index (χ1n) is 7.83. The fourth-order valence-electron chi connectivity index (χ4n) is 3.22. The number of rotatable bonds is 3. The number of carbonyl (C=O) groups excluding carboxylic acids is 1. The minimum atomic E-state index is 0.153. The van der Waals surface area contributed by atoms with Crippen LogP contribution in [0.15, 0.2) is 78.9 Å². The summed E-state index contributed by atoms with van der Waals surface area (Å²) in [6, 6.07) is 26.3. The van der Waals surface area contributed by atoms with E-state index in [1.807, 2.05) is 36.4 Å².